The van der Waals surface area contributed by atoms with Crippen LogP contribution in [0.4, 0.5) is 21.0 Å². The zero-order valence-corrected chi connectivity index (χ0v) is 38.9. The van der Waals surface area contributed by atoms with Crippen LogP contribution in [0.3, 0.4) is 0 Å². The number of benzene rings is 2. The van der Waals surface area contributed by atoms with Crippen molar-refractivity contribution in [3.05, 3.63) is 80.2 Å². The summed E-state index contributed by atoms with van der Waals surface area (Å²) in [4.78, 5) is 29.5. The van der Waals surface area contributed by atoms with Crippen molar-refractivity contribution in [2.45, 2.75) is 126 Å². The molecular formula is C44H62N10O6S2. The molecule has 18 heteroatoms. The minimum absolute atomic E-state index is 0.0322. The van der Waals surface area contributed by atoms with Crippen LogP contribution in [0.25, 0.3) is 0 Å². The lowest BCUT2D eigenvalue weighted by molar-refractivity contribution is 0.255. The monoisotopic (exact) mass is 890 g/mol. The Bertz CT molecular complexity index is 2350. The molecule has 0 bridgehead atoms. The molecule has 0 saturated carbocycles. The van der Waals surface area contributed by atoms with E-state index in [1.165, 1.54) is 22.3 Å². The van der Waals surface area contributed by atoms with Gasteiger partial charge in [0.25, 0.3) is 20.0 Å². The van der Waals surface area contributed by atoms with Gasteiger partial charge in [-0.15, -0.1) is 0 Å². The average Bonchev–Trinajstić information content (AvgIpc) is 4.05. The fraction of sp³-hybridized carbons (Fsp3) is 0.545. The van der Waals surface area contributed by atoms with E-state index in [0.717, 1.165) is 135 Å². The molecule has 0 radical (unpaired) electrons. The number of sulfonamides is 2. The lowest BCUT2D eigenvalue weighted by atomic mass is 9.99. The summed E-state index contributed by atoms with van der Waals surface area (Å²) in [6.07, 6.45) is 13.6. The van der Waals surface area contributed by atoms with Crippen molar-refractivity contribution in [3.63, 3.8) is 0 Å². The Hall–Kier alpha value is -4.78. The third-order valence-corrected chi connectivity index (χ3v) is 15.3. The number of aromatic nitrogens is 4. The number of rotatable bonds is 12. The van der Waals surface area contributed by atoms with Crippen molar-refractivity contribution in [2.24, 2.45) is 14.1 Å². The van der Waals surface area contributed by atoms with E-state index in [9.17, 15) is 26.4 Å². The molecule has 4 amide bonds. The predicted molar refractivity (Wildman–Crippen MR) is 240 cm³/mol. The Balaban J connectivity index is 0.000000186. The second-order valence-electron chi connectivity index (χ2n) is 17.4. The van der Waals surface area contributed by atoms with Crippen molar-refractivity contribution < 1.29 is 26.4 Å². The molecule has 2 aromatic heterocycles. The van der Waals surface area contributed by atoms with Gasteiger partial charge in [-0.05, 0) is 163 Å². The highest BCUT2D eigenvalue weighted by molar-refractivity contribution is 7.90. The molecule has 4 aliphatic carbocycles. The molecule has 0 fully saturated rings. The van der Waals surface area contributed by atoms with Gasteiger partial charge in [0.2, 0.25) is 0 Å². The number of fused-ring (bicyclic) bond motifs is 4. The maximum atomic E-state index is 12.9. The zero-order chi connectivity index (χ0) is 44.7. The van der Waals surface area contributed by atoms with Gasteiger partial charge in [0, 0.05) is 37.6 Å². The summed E-state index contributed by atoms with van der Waals surface area (Å²) in [7, 11) is 3.03. The molecule has 8 rings (SSSR count). The molecule has 0 aliphatic heterocycles. The van der Waals surface area contributed by atoms with E-state index in [1.54, 1.807) is 35.6 Å². The Morgan fingerprint density at radius 3 is 1.15 bits per heavy atom. The van der Waals surface area contributed by atoms with E-state index in [2.05, 4.69) is 42.4 Å². The minimum atomic E-state index is -4.09. The topological polar surface area (TPSA) is 193 Å². The standard InChI is InChI=1S/2C22H31N5O3S/c2*1-5-18(26(2)3)19-13-20(24-27(19)4)31(29,30)25-22(28)23-21-16-10-6-8-14(16)12-15-9-7-11-17(15)21/h2*12-13,18H,5-11H2,1-4H3,(H2,23,25,28). The molecular weight excluding hydrogens is 829 g/mol. The molecule has 336 valence electrons. The molecule has 2 unspecified atom stereocenters. The van der Waals surface area contributed by atoms with Crippen LogP contribution in [-0.2, 0) is 85.5 Å². The van der Waals surface area contributed by atoms with Crippen molar-refractivity contribution in [2.75, 3.05) is 38.8 Å². The van der Waals surface area contributed by atoms with Gasteiger partial charge in [0.1, 0.15) is 0 Å². The summed E-state index contributed by atoms with van der Waals surface area (Å²) in [5, 5.41) is 13.8. The molecule has 4 N–H and O–H groups in total. The van der Waals surface area contributed by atoms with Crippen LogP contribution < -0.4 is 20.1 Å². The van der Waals surface area contributed by atoms with E-state index in [4.69, 9.17) is 0 Å². The number of anilines is 2. The summed E-state index contributed by atoms with van der Waals surface area (Å²) in [5.41, 5.74) is 12.9. The van der Waals surface area contributed by atoms with E-state index < -0.39 is 32.1 Å². The summed E-state index contributed by atoms with van der Waals surface area (Å²) in [5.74, 6) is 0. The first-order valence-corrected chi connectivity index (χ1v) is 24.8. The molecule has 62 heavy (non-hydrogen) atoms. The highest BCUT2D eigenvalue weighted by atomic mass is 32.2. The first-order valence-electron chi connectivity index (χ1n) is 21.8. The molecule has 2 aromatic carbocycles. The fourth-order valence-electron chi connectivity index (χ4n) is 10.0. The first kappa shape index (κ1) is 45.3. The normalized spacial score (nSPS) is 16.3. The number of nitrogens with one attached hydrogen (secondary N) is 4. The van der Waals surface area contributed by atoms with Crippen LogP contribution in [0.15, 0.2) is 34.3 Å². The quantitative estimate of drug-likeness (QED) is 0.134. The van der Waals surface area contributed by atoms with Crippen LogP contribution in [0.1, 0.15) is 120 Å². The maximum Gasteiger partial charge on any atom is 0.333 e. The van der Waals surface area contributed by atoms with E-state index in [-0.39, 0.29) is 22.1 Å². The number of amides is 4. The lowest BCUT2D eigenvalue weighted by Crippen LogP contribution is -2.35. The second-order valence-corrected chi connectivity index (χ2v) is 20.7. The summed E-state index contributed by atoms with van der Waals surface area (Å²) in [6.45, 7) is 4.07. The third kappa shape index (κ3) is 9.15. The SMILES string of the molecule is CCC(c1cc(S(=O)(=O)NC(=O)Nc2c3c(cc4c2CCC4)CCC3)nn1C)N(C)C.CCC(c1cc(S(=O)(=O)NC(=O)Nc2c3c(cc4c2CCC4)CCC3)nn1C)N(C)C. The molecule has 0 saturated heterocycles. The van der Waals surface area contributed by atoms with Gasteiger partial charge in [-0.1, -0.05) is 26.0 Å². The zero-order valence-electron chi connectivity index (χ0n) is 37.3. The second kappa shape index (κ2) is 18.1. The van der Waals surface area contributed by atoms with Gasteiger partial charge >= 0.3 is 12.1 Å². The number of aryl methyl sites for hydroxylation is 6. The number of hydrogen-bond donors (Lipinski definition) is 4. The van der Waals surface area contributed by atoms with Gasteiger partial charge in [0.05, 0.1) is 23.5 Å². The Morgan fingerprint density at radius 2 is 0.871 bits per heavy atom. The van der Waals surface area contributed by atoms with Crippen molar-refractivity contribution in [1.82, 2.24) is 38.8 Å². The first-order chi connectivity index (χ1) is 29.4. The maximum absolute atomic E-state index is 12.9. The van der Waals surface area contributed by atoms with Gasteiger partial charge in [-0.2, -0.15) is 27.0 Å². The Kier molecular flexibility index (Phi) is 13.2. The number of carbonyl (C=O) groups excluding carboxylic acids is 2. The summed E-state index contributed by atoms with van der Waals surface area (Å²) in [6, 6.07) is 6.23. The molecule has 16 nitrogen and oxygen atoms in total. The van der Waals surface area contributed by atoms with Crippen molar-refractivity contribution in [1.29, 1.82) is 0 Å². The van der Waals surface area contributed by atoms with Crippen LogP contribution in [-0.4, -0.2) is 86.4 Å². The molecule has 2 heterocycles. The smallest absolute Gasteiger partial charge is 0.307 e. The summed E-state index contributed by atoms with van der Waals surface area (Å²) < 4.78 is 59.0. The third-order valence-electron chi connectivity index (χ3n) is 12.9. The molecule has 2 atom stereocenters. The van der Waals surface area contributed by atoms with Crippen LogP contribution in [0.5, 0.6) is 0 Å². The number of nitrogens with zero attached hydrogens (tertiary/aromatic N) is 6. The minimum Gasteiger partial charge on any atom is -0.307 e. The highest BCUT2D eigenvalue weighted by Crippen LogP contribution is 2.40. The van der Waals surface area contributed by atoms with E-state index in [0.29, 0.717) is 0 Å². The van der Waals surface area contributed by atoms with Gasteiger partial charge in [-0.3, -0.25) is 9.36 Å². The fourth-order valence-corrected chi connectivity index (χ4v) is 11.8. The molecule has 0 spiro atoms. The highest BCUT2D eigenvalue weighted by Gasteiger charge is 2.31. The van der Waals surface area contributed by atoms with Crippen molar-refractivity contribution >= 4 is 43.5 Å². The van der Waals surface area contributed by atoms with Crippen LogP contribution in [0, 0.1) is 0 Å². The summed E-state index contributed by atoms with van der Waals surface area (Å²) >= 11 is 0. The number of carbonyl (C=O) groups is 2. The van der Waals surface area contributed by atoms with E-state index in [1.807, 2.05) is 51.8 Å². The van der Waals surface area contributed by atoms with Gasteiger partial charge in [-0.25, -0.2) is 19.0 Å². The van der Waals surface area contributed by atoms with Crippen molar-refractivity contribution in [3.8, 4) is 0 Å². The van der Waals surface area contributed by atoms with Crippen LogP contribution in [0.2, 0.25) is 0 Å². The molecule has 4 aromatic rings. The predicted octanol–water partition coefficient (Wildman–Crippen LogP) is 5.84. The largest absolute Gasteiger partial charge is 0.333 e. The number of urea groups is 2. The Morgan fingerprint density at radius 1 is 0.565 bits per heavy atom. The number of hydrogen-bond acceptors (Lipinski definition) is 10. The van der Waals surface area contributed by atoms with Crippen LogP contribution >= 0.6 is 0 Å². The average molecular weight is 891 g/mol. The Labute approximate surface area is 366 Å². The van der Waals surface area contributed by atoms with Gasteiger partial charge < -0.3 is 20.4 Å². The van der Waals surface area contributed by atoms with Gasteiger partial charge in [0.15, 0.2) is 10.1 Å². The van der Waals surface area contributed by atoms with E-state index >= 15 is 0 Å². The lowest BCUT2D eigenvalue weighted by Gasteiger charge is -2.22. The molecule has 4 aliphatic rings.